The number of rotatable bonds is 9. The average Bonchev–Trinajstić information content (AvgIpc) is 3.57. The van der Waals surface area contributed by atoms with Crippen LogP contribution in [0.15, 0.2) is 42.9 Å². The zero-order chi connectivity index (χ0) is 34.3. The van der Waals surface area contributed by atoms with E-state index in [0.717, 1.165) is 69.7 Å². The molecular weight excluding hydrogens is 645 g/mol. The van der Waals surface area contributed by atoms with Crippen molar-refractivity contribution >= 4 is 66.7 Å². The number of likely N-dealkylation sites (N-methyl/N-ethyl adjacent to an activating group) is 1. The van der Waals surface area contributed by atoms with Gasteiger partial charge in [-0.15, -0.1) is 0 Å². The molecule has 2 aliphatic rings. The van der Waals surface area contributed by atoms with Crippen molar-refractivity contribution in [3.8, 4) is 5.88 Å². The number of pyridine rings is 1. The maximum absolute atomic E-state index is 12.7. The SMILES string of the molecule is COc1nc(N2CCC(N3CCN(C)CC3)CC2)c(C)cc1Nc1nc(Nc2ccc3nccnc3c2N(C)S(C)(=O)=O)c2[nH]ccc2n1. The van der Waals surface area contributed by atoms with Crippen molar-refractivity contribution in [3.05, 3.63) is 48.4 Å². The van der Waals surface area contributed by atoms with Gasteiger partial charge in [0, 0.05) is 70.9 Å². The molecule has 2 aliphatic heterocycles. The molecule has 1 aromatic carbocycles. The maximum atomic E-state index is 12.7. The van der Waals surface area contributed by atoms with Gasteiger partial charge in [-0.05, 0) is 56.6 Å². The first kappa shape index (κ1) is 32.7. The monoisotopic (exact) mass is 686 g/mol. The number of anilines is 6. The summed E-state index contributed by atoms with van der Waals surface area (Å²) in [6, 6.07) is 8.03. The second-order valence-electron chi connectivity index (χ2n) is 12.7. The van der Waals surface area contributed by atoms with Crippen molar-refractivity contribution in [2.75, 3.05) is 86.6 Å². The number of piperazine rings is 1. The Morgan fingerprint density at radius 3 is 2.43 bits per heavy atom. The number of hydrogen-bond donors (Lipinski definition) is 3. The van der Waals surface area contributed by atoms with E-state index in [1.54, 1.807) is 31.6 Å². The predicted molar refractivity (Wildman–Crippen MR) is 193 cm³/mol. The largest absolute Gasteiger partial charge is 0.479 e. The number of sulfonamides is 1. The Bertz CT molecular complexity index is 2090. The minimum Gasteiger partial charge on any atom is -0.479 e. The second kappa shape index (κ2) is 13.2. The molecule has 0 spiro atoms. The number of H-pyrrole nitrogens is 1. The fraction of sp³-hybridized carbons (Fsp3) is 0.424. The molecule has 258 valence electrons. The number of methoxy groups -OCH3 is 1. The van der Waals surface area contributed by atoms with Gasteiger partial charge in [0.15, 0.2) is 5.82 Å². The van der Waals surface area contributed by atoms with E-state index in [1.807, 2.05) is 12.1 Å². The van der Waals surface area contributed by atoms with Crippen LogP contribution >= 0.6 is 0 Å². The Balaban J connectivity index is 1.16. The fourth-order valence-electron chi connectivity index (χ4n) is 6.73. The van der Waals surface area contributed by atoms with Gasteiger partial charge >= 0.3 is 0 Å². The number of aryl methyl sites for hydroxylation is 1. The predicted octanol–water partition coefficient (Wildman–Crippen LogP) is 3.71. The molecule has 7 rings (SSSR count). The number of aromatic amines is 1. The number of aromatic nitrogens is 6. The third-order valence-corrected chi connectivity index (χ3v) is 10.7. The lowest BCUT2D eigenvalue weighted by atomic mass is 10.0. The zero-order valence-corrected chi connectivity index (χ0v) is 29.3. The summed E-state index contributed by atoms with van der Waals surface area (Å²) in [5, 5.41) is 6.66. The Hall–Kier alpha value is -4.80. The van der Waals surface area contributed by atoms with Crippen molar-refractivity contribution in [1.82, 2.24) is 39.7 Å². The lowest BCUT2D eigenvalue weighted by molar-refractivity contribution is 0.0981. The summed E-state index contributed by atoms with van der Waals surface area (Å²) in [5.41, 5.74) is 4.79. The molecule has 5 aromatic rings. The van der Waals surface area contributed by atoms with Gasteiger partial charge in [-0.3, -0.25) is 19.2 Å². The lowest BCUT2D eigenvalue weighted by Crippen LogP contribution is -2.52. The highest BCUT2D eigenvalue weighted by Gasteiger charge is 2.28. The van der Waals surface area contributed by atoms with E-state index in [4.69, 9.17) is 19.7 Å². The number of ether oxygens (including phenoxy) is 1. The summed E-state index contributed by atoms with van der Waals surface area (Å²) in [5.74, 6) is 2.12. The molecule has 6 heterocycles. The van der Waals surface area contributed by atoms with Gasteiger partial charge in [0.2, 0.25) is 21.9 Å². The summed E-state index contributed by atoms with van der Waals surface area (Å²) < 4.78 is 32.4. The molecule has 0 atom stereocenters. The van der Waals surface area contributed by atoms with Crippen LogP contribution in [0.4, 0.5) is 34.6 Å². The van der Waals surface area contributed by atoms with Crippen LogP contribution in [0.2, 0.25) is 0 Å². The number of piperidine rings is 1. The Morgan fingerprint density at radius 2 is 1.69 bits per heavy atom. The second-order valence-corrected chi connectivity index (χ2v) is 14.8. The minimum absolute atomic E-state index is 0.313. The van der Waals surface area contributed by atoms with E-state index in [2.05, 4.69) is 54.3 Å². The summed E-state index contributed by atoms with van der Waals surface area (Å²) in [4.78, 5) is 33.9. The highest BCUT2D eigenvalue weighted by Crippen LogP contribution is 2.37. The Labute approximate surface area is 285 Å². The molecule has 0 aliphatic carbocycles. The van der Waals surface area contributed by atoms with E-state index in [0.29, 0.717) is 62.8 Å². The normalized spacial score (nSPS) is 16.7. The molecule has 15 nitrogen and oxygen atoms in total. The molecule has 2 saturated heterocycles. The lowest BCUT2D eigenvalue weighted by Gasteiger charge is -2.42. The molecule has 0 bridgehead atoms. The first-order valence-electron chi connectivity index (χ1n) is 16.4. The van der Waals surface area contributed by atoms with E-state index in [1.165, 1.54) is 17.5 Å². The summed E-state index contributed by atoms with van der Waals surface area (Å²) in [6.45, 7) is 8.48. The third-order valence-electron chi connectivity index (χ3n) is 9.49. The number of hydrogen-bond acceptors (Lipinski definition) is 13. The summed E-state index contributed by atoms with van der Waals surface area (Å²) in [6.07, 6.45) is 8.24. The van der Waals surface area contributed by atoms with Gasteiger partial charge in [0.25, 0.3) is 0 Å². The molecule has 4 aromatic heterocycles. The van der Waals surface area contributed by atoms with Crippen molar-refractivity contribution in [3.63, 3.8) is 0 Å². The standard InChI is InChI=1S/C33H42N12O3S/c1-21-20-26(32(48-4)41-31(21)45-14-9-22(10-15-45)44-18-16-42(2)17-19-44)39-33-38-24-8-11-35-28(24)30(40-33)37-25-7-6-23-27(36-13-12-34-23)29(25)43(3)49(5,46)47/h6-8,11-13,20,22,35H,9-10,14-19H2,1-5H3,(H2,37,38,39,40). The number of fused-ring (bicyclic) bond motifs is 2. The van der Waals surface area contributed by atoms with E-state index < -0.39 is 10.0 Å². The smallest absolute Gasteiger partial charge is 0.239 e. The molecule has 0 unspecified atom stereocenters. The van der Waals surface area contributed by atoms with Gasteiger partial charge in [0.1, 0.15) is 28.2 Å². The van der Waals surface area contributed by atoms with Crippen molar-refractivity contribution in [2.24, 2.45) is 0 Å². The van der Waals surface area contributed by atoms with Gasteiger partial charge in [-0.1, -0.05) is 0 Å². The van der Waals surface area contributed by atoms with Crippen LogP contribution in [0.5, 0.6) is 5.88 Å². The first-order valence-corrected chi connectivity index (χ1v) is 18.2. The van der Waals surface area contributed by atoms with Crippen LogP contribution in [0.25, 0.3) is 22.1 Å². The molecular formula is C33H42N12O3S. The molecule has 0 amide bonds. The third kappa shape index (κ3) is 6.63. The van der Waals surface area contributed by atoms with Gasteiger partial charge in [0.05, 0.1) is 30.1 Å². The van der Waals surface area contributed by atoms with E-state index >= 15 is 0 Å². The average molecular weight is 687 g/mol. The van der Waals surface area contributed by atoms with Crippen LogP contribution < -0.4 is 24.6 Å². The summed E-state index contributed by atoms with van der Waals surface area (Å²) >= 11 is 0. The zero-order valence-electron chi connectivity index (χ0n) is 28.4. The van der Waals surface area contributed by atoms with Gasteiger partial charge < -0.3 is 30.2 Å². The molecule has 16 heteroatoms. The topological polar surface area (TPSA) is 161 Å². The Morgan fingerprint density at radius 1 is 0.939 bits per heavy atom. The number of nitrogens with one attached hydrogen (secondary N) is 3. The Kier molecular flexibility index (Phi) is 8.85. The fourth-order valence-corrected chi connectivity index (χ4v) is 7.25. The van der Waals surface area contributed by atoms with Crippen molar-refractivity contribution < 1.29 is 13.2 Å². The van der Waals surface area contributed by atoms with Crippen LogP contribution in [0.1, 0.15) is 18.4 Å². The minimum atomic E-state index is -3.63. The van der Waals surface area contributed by atoms with Crippen LogP contribution in [0, 0.1) is 6.92 Å². The number of nitrogens with zero attached hydrogens (tertiary/aromatic N) is 9. The van der Waals surface area contributed by atoms with Crippen molar-refractivity contribution in [2.45, 2.75) is 25.8 Å². The van der Waals surface area contributed by atoms with Crippen LogP contribution in [-0.2, 0) is 10.0 Å². The molecule has 0 saturated carbocycles. The summed E-state index contributed by atoms with van der Waals surface area (Å²) in [7, 11) is 1.66. The highest BCUT2D eigenvalue weighted by molar-refractivity contribution is 7.92. The van der Waals surface area contributed by atoms with Crippen LogP contribution in [-0.4, -0.2) is 121 Å². The van der Waals surface area contributed by atoms with Crippen molar-refractivity contribution in [1.29, 1.82) is 0 Å². The first-order chi connectivity index (χ1) is 23.6. The van der Waals surface area contributed by atoms with Gasteiger partial charge in [-0.25, -0.2) is 13.4 Å². The highest BCUT2D eigenvalue weighted by atomic mass is 32.2. The van der Waals surface area contributed by atoms with E-state index in [9.17, 15) is 8.42 Å². The quantitative estimate of drug-likeness (QED) is 0.206. The molecule has 3 N–H and O–H groups in total. The molecule has 2 fully saturated rings. The molecule has 49 heavy (non-hydrogen) atoms. The number of benzene rings is 1. The van der Waals surface area contributed by atoms with E-state index in [-0.39, 0.29) is 0 Å². The molecule has 0 radical (unpaired) electrons. The van der Waals surface area contributed by atoms with Gasteiger partial charge in [-0.2, -0.15) is 9.97 Å². The maximum Gasteiger partial charge on any atom is 0.239 e. The van der Waals surface area contributed by atoms with Crippen LogP contribution in [0.3, 0.4) is 0 Å².